The average Bonchev–Trinajstić information content (AvgIpc) is 2.61. The van der Waals surface area contributed by atoms with Crippen molar-refractivity contribution in [2.24, 2.45) is 0 Å². The topological polar surface area (TPSA) is 45.3 Å². The minimum atomic E-state index is -0.0756. The van der Waals surface area contributed by atoms with E-state index < -0.39 is 0 Å². The number of unbranched alkanes of at least 4 members (excludes halogenated alkanes) is 3. The second-order valence-electron chi connectivity index (χ2n) is 6.74. The van der Waals surface area contributed by atoms with Crippen molar-refractivity contribution >= 4 is 10.9 Å². The number of benzene rings is 1. The first-order valence-electron chi connectivity index (χ1n) is 9.29. The van der Waals surface area contributed by atoms with Gasteiger partial charge in [0.05, 0.1) is 12.1 Å². The number of piperidine rings is 1. The highest BCUT2D eigenvalue weighted by molar-refractivity contribution is 5.79. The molecular formula is C20H28N2O2. The van der Waals surface area contributed by atoms with Crippen molar-refractivity contribution in [2.75, 3.05) is 26.2 Å². The lowest BCUT2D eigenvalue weighted by molar-refractivity contribution is 0.223. The number of fused-ring (bicyclic) bond motifs is 1. The van der Waals surface area contributed by atoms with Gasteiger partial charge in [0.25, 0.3) is 0 Å². The molecule has 2 heterocycles. The molecule has 0 aliphatic carbocycles. The zero-order valence-electron chi connectivity index (χ0n) is 14.4. The molecule has 1 aromatic carbocycles. The molecule has 0 atom stereocenters. The van der Waals surface area contributed by atoms with Crippen LogP contribution in [0, 0.1) is 0 Å². The fourth-order valence-corrected chi connectivity index (χ4v) is 3.38. The van der Waals surface area contributed by atoms with E-state index in [-0.39, 0.29) is 5.56 Å². The van der Waals surface area contributed by atoms with Gasteiger partial charge in [-0.05, 0) is 68.9 Å². The molecule has 0 saturated carbocycles. The first kappa shape index (κ1) is 17.0. The number of nitrogens with one attached hydrogen (secondary N) is 1. The number of H-pyrrole nitrogens is 1. The maximum Gasteiger partial charge on any atom is 0.248 e. The molecular weight excluding hydrogens is 300 g/mol. The average molecular weight is 328 g/mol. The highest BCUT2D eigenvalue weighted by Gasteiger charge is 2.08. The molecule has 0 radical (unpaired) electrons. The van der Waals surface area contributed by atoms with E-state index in [0.29, 0.717) is 0 Å². The van der Waals surface area contributed by atoms with E-state index in [0.717, 1.165) is 29.7 Å². The molecule has 1 aliphatic heterocycles. The first-order chi connectivity index (χ1) is 11.8. The van der Waals surface area contributed by atoms with Gasteiger partial charge in [0.15, 0.2) is 0 Å². The molecule has 1 fully saturated rings. The Morgan fingerprint density at radius 3 is 2.62 bits per heavy atom. The lowest BCUT2D eigenvalue weighted by Crippen LogP contribution is -2.30. The third-order valence-electron chi connectivity index (χ3n) is 4.78. The summed E-state index contributed by atoms with van der Waals surface area (Å²) in [5, 5.41) is 1.03. The minimum Gasteiger partial charge on any atom is -0.494 e. The van der Waals surface area contributed by atoms with Crippen LogP contribution in [0.1, 0.15) is 44.9 Å². The third-order valence-corrected chi connectivity index (χ3v) is 4.78. The number of hydrogen-bond donors (Lipinski definition) is 1. The summed E-state index contributed by atoms with van der Waals surface area (Å²) in [5.41, 5.74) is 0.759. The summed E-state index contributed by atoms with van der Waals surface area (Å²) in [7, 11) is 0. The molecule has 4 nitrogen and oxygen atoms in total. The monoisotopic (exact) mass is 328 g/mol. The molecule has 1 aliphatic rings. The van der Waals surface area contributed by atoms with Crippen molar-refractivity contribution in [1.82, 2.24) is 9.88 Å². The molecule has 1 aromatic heterocycles. The number of ether oxygens (including phenoxy) is 1. The van der Waals surface area contributed by atoms with E-state index >= 15 is 0 Å². The highest BCUT2D eigenvalue weighted by atomic mass is 16.5. The third kappa shape index (κ3) is 5.10. The zero-order valence-corrected chi connectivity index (χ0v) is 14.4. The van der Waals surface area contributed by atoms with E-state index in [1.807, 2.05) is 24.3 Å². The van der Waals surface area contributed by atoms with Crippen molar-refractivity contribution < 1.29 is 4.74 Å². The summed E-state index contributed by atoms with van der Waals surface area (Å²) in [6.07, 6.45) is 9.07. The van der Waals surface area contributed by atoms with Crippen LogP contribution in [-0.2, 0) is 0 Å². The van der Waals surface area contributed by atoms with Crippen LogP contribution >= 0.6 is 0 Å². The Balaban J connectivity index is 1.32. The van der Waals surface area contributed by atoms with Crippen molar-refractivity contribution in [3.8, 4) is 5.75 Å². The van der Waals surface area contributed by atoms with Gasteiger partial charge in [-0.15, -0.1) is 0 Å². The van der Waals surface area contributed by atoms with Crippen molar-refractivity contribution in [3.63, 3.8) is 0 Å². The van der Waals surface area contributed by atoms with Crippen LogP contribution < -0.4 is 10.3 Å². The van der Waals surface area contributed by atoms with Gasteiger partial charge in [-0.25, -0.2) is 0 Å². The number of aromatic nitrogens is 1. The summed E-state index contributed by atoms with van der Waals surface area (Å²) in [6.45, 7) is 4.60. The van der Waals surface area contributed by atoms with Gasteiger partial charge in [-0.1, -0.05) is 19.3 Å². The highest BCUT2D eigenvalue weighted by Crippen LogP contribution is 2.18. The van der Waals surface area contributed by atoms with Gasteiger partial charge in [0.2, 0.25) is 5.56 Å². The number of rotatable bonds is 8. The van der Waals surface area contributed by atoms with E-state index in [9.17, 15) is 4.79 Å². The van der Waals surface area contributed by atoms with E-state index in [2.05, 4.69) is 9.88 Å². The molecule has 0 amide bonds. The number of likely N-dealkylation sites (tertiary alicyclic amines) is 1. The molecule has 0 spiro atoms. The van der Waals surface area contributed by atoms with Gasteiger partial charge in [-0.3, -0.25) is 4.79 Å². The normalized spacial score (nSPS) is 15.7. The van der Waals surface area contributed by atoms with Crippen LogP contribution in [0.3, 0.4) is 0 Å². The smallest absolute Gasteiger partial charge is 0.248 e. The van der Waals surface area contributed by atoms with Crippen LogP contribution in [0.5, 0.6) is 5.75 Å². The fourth-order valence-electron chi connectivity index (χ4n) is 3.38. The number of pyridine rings is 1. The molecule has 2 aromatic rings. The molecule has 1 saturated heterocycles. The standard InChI is InChI=1S/C20H28N2O2/c23-20-11-9-17-8-10-18(16-19(17)21-20)24-15-7-2-1-4-12-22-13-5-3-6-14-22/h8-11,16H,1-7,12-15H2,(H,21,23). The van der Waals surface area contributed by atoms with E-state index in [4.69, 9.17) is 4.74 Å². The number of hydrogen-bond acceptors (Lipinski definition) is 3. The quantitative estimate of drug-likeness (QED) is 0.746. The Morgan fingerprint density at radius 1 is 0.958 bits per heavy atom. The lowest BCUT2D eigenvalue weighted by atomic mass is 10.1. The van der Waals surface area contributed by atoms with Crippen LogP contribution in [0.2, 0.25) is 0 Å². The van der Waals surface area contributed by atoms with Gasteiger partial charge in [0.1, 0.15) is 5.75 Å². The maximum atomic E-state index is 11.4. The Kier molecular flexibility index (Phi) is 6.30. The zero-order chi connectivity index (χ0) is 16.6. The van der Waals surface area contributed by atoms with Gasteiger partial charge in [-0.2, -0.15) is 0 Å². The second kappa shape index (κ2) is 8.88. The van der Waals surface area contributed by atoms with Gasteiger partial charge >= 0.3 is 0 Å². The first-order valence-corrected chi connectivity index (χ1v) is 9.29. The summed E-state index contributed by atoms with van der Waals surface area (Å²) in [5.74, 6) is 0.831. The fraction of sp³-hybridized carbons (Fsp3) is 0.550. The molecule has 24 heavy (non-hydrogen) atoms. The van der Waals surface area contributed by atoms with Gasteiger partial charge < -0.3 is 14.6 Å². The van der Waals surface area contributed by atoms with E-state index in [1.54, 1.807) is 6.07 Å². The van der Waals surface area contributed by atoms with Gasteiger partial charge in [0, 0.05) is 12.1 Å². The Morgan fingerprint density at radius 2 is 1.75 bits per heavy atom. The van der Waals surface area contributed by atoms with Crippen molar-refractivity contribution in [1.29, 1.82) is 0 Å². The summed E-state index contributed by atoms with van der Waals surface area (Å²) in [6, 6.07) is 9.25. The summed E-state index contributed by atoms with van der Waals surface area (Å²) < 4.78 is 5.82. The Labute approximate surface area is 143 Å². The predicted octanol–water partition coefficient (Wildman–Crippen LogP) is 3.95. The summed E-state index contributed by atoms with van der Waals surface area (Å²) >= 11 is 0. The minimum absolute atomic E-state index is 0.0756. The van der Waals surface area contributed by atoms with Crippen molar-refractivity contribution in [2.45, 2.75) is 44.9 Å². The van der Waals surface area contributed by atoms with E-state index in [1.165, 1.54) is 58.2 Å². The number of nitrogens with zero attached hydrogens (tertiary/aromatic N) is 1. The molecule has 4 heteroatoms. The Hall–Kier alpha value is -1.81. The van der Waals surface area contributed by atoms with Crippen LogP contribution in [-0.4, -0.2) is 36.1 Å². The molecule has 130 valence electrons. The van der Waals surface area contributed by atoms with Crippen LogP contribution in [0.25, 0.3) is 10.9 Å². The number of aromatic amines is 1. The lowest BCUT2D eigenvalue weighted by Gasteiger charge is -2.26. The summed E-state index contributed by atoms with van der Waals surface area (Å²) in [4.78, 5) is 16.8. The molecule has 0 unspecified atom stereocenters. The van der Waals surface area contributed by atoms with Crippen LogP contribution in [0.15, 0.2) is 35.1 Å². The van der Waals surface area contributed by atoms with Crippen molar-refractivity contribution in [3.05, 3.63) is 40.7 Å². The predicted molar refractivity (Wildman–Crippen MR) is 98.8 cm³/mol. The van der Waals surface area contributed by atoms with Crippen LogP contribution in [0.4, 0.5) is 0 Å². The largest absolute Gasteiger partial charge is 0.494 e. The molecule has 1 N–H and O–H groups in total. The second-order valence-corrected chi connectivity index (χ2v) is 6.74. The maximum absolute atomic E-state index is 11.4. The molecule has 3 rings (SSSR count). The Bertz CT molecular complexity index is 689. The molecule has 0 bridgehead atoms. The SMILES string of the molecule is O=c1ccc2ccc(OCCCCCCN3CCCCC3)cc2[nH]1.